The minimum absolute atomic E-state index is 0.167. The highest BCUT2D eigenvalue weighted by Gasteiger charge is 2.38. The minimum atomic E-state index is 0.167. The largest absolute Gasteiger partial charge is 0.337 e. The van der Waals surface area contributed by atoms with Crippen LogP contribution in [-0.2, 0) is 0 Å². The van der Waals surface area contributed by atoms with Gasteiger partial charge in [-0.05, 0) is 18.8 Å². The summed E-state index contributed by atoms with van der Waals surface area (Å²) < 4.78 is 0. The number of hydrogen-bond acceptors (Lipinski definition) is 4. The molecule has 0 aromatic carbocycles. The Bertz CT molecular complexity index is 405. The summed E-state index contributed by atoms with van der Waals surface area (Å²) in [6.07, 6.45) is 1.70. The first-order valence-electron chi connectivity index (χ1n) is 5.66. The molecule has 4 nitrogen and oxygen atoms in total. The lowest BCUT2D eigenvalue weighted by Crippen LogP contribution is -2.31. The van der Waals surface area contributed by atoms with E-state index in [0.29, 0.717) is 11.8 Å². The highest BCUT2D eigenvalue weighted by Crippen LogP contribution is 2.28. The normalized spacial score (nSPS) is 28.4. The molecule has 0 bridgehead atoms. The molecule has 3 heterocycles. The number of rotatable bonds is 1. The van der Waals surface area contributed by atoms with Gasteiger partial charge in [0.05, 0.1) is 11.2 Å². The molecule has 16 heavy (non-hydrogen) atoms. The van der Waals surface area contributed by atoms with E-state index >= 15 is 0 Å². The summed E-state index contributed by atoms with van der Waals surface area (Å²) in [5.74, 6) is 1.50. The average Bonchev–Trinajstić information content (AvgIpc) is 2.89. The van der Waals surface area contributed by atoms with Crippen LogP contribution < -0.4 is 5.32 Å². The van der Waals surface area contributed by atoms with Gasteiger partial charge in [0.25, 0.3) is 5.91 Å². The van der Waals surface area contributed by atoms with Crippen molar-refractivity contribution in [1.82, 2.24) is 15.2 Å². The zero-order chi connectivity index (χ0) is 11.1. The van der Waals surface area contributed by atoms with Crippen molar-refractivity contribution in [2.45, 2.75) is 6.92 Å². The van der Waals surface area contributed by atoms with Crippen molar-refractivity contribution in [3.63, 3.8) is 0 Å². The maximum Gasteiger partial charge on any atom is 0.265 e. The van der Waals surface area contributed by atoms with E-state index in [-0.39, 0.29) is 5.91 Å². The number of hydrogen-bond donors (Lipinski definition) is 1. The van der Waals surface area contributed by atoms with Crippen molar-refractivity contribution in [2.24, 2.45) is 11.8 Å². The van der Waals surface area contributed by atoms with Crippen molar-refractivity contribution in [3.8, 4) is 0 Å². The fraction of sp³-hybridized carbons (Fsp3) is 0.636. The zero-order valence-corrected chi connectivity index (χ0v) is 10.1. The van der Waals surface area contributed by atoms with E-state index in [9.17, 15) is 4.79 Å². The van der Waals surface area contributed by atoms with Crippen LogP contribution in [0.3, 0.4) is 0 Å². The smallest absolute Gasteiger partial charge is 0.265 e. The lowest BCUT2D eigenvalue weighted by atomic mass is 10.0. The first-order valence-corrected chi connectivity index (χ1v) is 6.48. The molecule has 86 valence electrons. The summed E-state index contributed by atoms with van der Waals surface area (Å²) in [6.45, 7) is 5.89. The maximum absolute atomic E-state index is 12.2. The van der Waals surface area contributed by atoms with Gasteiger partial charge in [-0.1, -0.05) is 0 Å². The molecule has 0 radical (unpaired) electrons. The zero-order valence-electron chi connectivity index (χ0n) is 9.27. The van der Waals surface area contributed by atoms with Gasteiger partial charge in [0, 0.05) is 26.2 Å². The standard InChI is InChI=1S/C11H15N3OS/c1-7-13-4-10(16-7)11(15)14-5-8-2-12-3-9(8)6-14/h4,8-9,12H,2-3,5-6H2,1H3/t8-,9+. The van der Waals surface area contributed by atoms with Crippen molar-refractivity contribution < 1.29 is 4.79 Å². The molecule has 0 aliphatic carbocycles. The third-order valence-corrected chi connectivity index (χ3v) is 4.41. The SMILES string of the molecule is Cc1ncc(C(=O)N2C[C@H]3CNC[C@H]3C2)s1. The van der Waals surface area contributed by atoms with Gasteiger partial charge in [0.15, 0.2) is 0 Å². The number of thiazole rings is 1. The van der Waals surface area contributed by atoms with Crippen molar-refractivity contribution in [3.05, 3.63) is 16.1 Å². The van der Waals surface area contributed by atoms with Crippen molar-refractivity contribution in [2.75, 3.05) is 26.2 Å². The second-order valence-electron chi connectivity index (χ2n) is 4.63. The van der Waals surface area contributed by atoms with Gasteiger partial charge in [-0.25, -0.2) is 4.98 Å². The monoisotopic (exact) mass is 237 g/mol. The number of carbonyl (C=O) groups excluding carboxylic acids is 1. The topological polar surface area (TPSA) is 45.2 Å². The first-order chi connectivity index (χ1) is 7.74. The third-order valence-electron chi connectivity index (χ3n) is 3.51. The molecule has 0 spiro atoms. The van der Waals surface area contributed by atoms with E-state index < -0.39 is 0 Å². The van der Waals surface area contributed by atoms with Gasteiger partial charge in [-0.3, -0.25) is 4.79 Å². The van der Waals surface area contributed by atoms with Crippen LogP contribution in [0.5, 0.6) is 0 Å². The second kappa shape index (κ2) is 3.82. The summed E-state index contributed by atoms with van der Waals surface area (Å²) in [4.78, 5) is 19.1. The number of nitrogens with one attached hydrogen (secondary N) is 1. The van der Waals surface area contributed by atoms with Crippen molar-refractivity contribution >= 4 is 17.2 Å². The van der Waals surface area contributed by atoms with Gasteiger partial charge in [-0.15, -0.1) is 11.3 Å². The van der Waals surface area contributed by atoms with E-state index in [1.807, 2.05) is 11.8 Å². The van der Waals surface area contributed by atoms with Crippen molar-refractivity contribution in [1.29, 1.82) is 0 Å². The highest BCUT2D eigenvalue weighted by atomic mass is 32.1. The van der Waals surface area contributed by atoms with Crippen LogP contribution in [0.2, 0.25) is 0 Å². The Morgan fingerprint density at radius 1 is 1.50 bits per heavy atom. The molecule has 1 amide bonds. The molecule has 1 aromatic heterocycles. The Labute approximate surface area is 98.7 Å². The highest BCUT2D eigenvalue weighted by molar-refractivity contribution is 7.13. The number of aryl methyl sites for hydroxylation is 1. The van der Waals surface area contributed by atoms with Crippen LogP contribution >= 0.6 is 11.3 Å². The van der Waals surface area contributed by atoms with Gasteiger partial charge in [0.2, 0.25) is 0 Å². The molecule has 5 heteroatoms. The molecule has 0 unspecified atom stereocenters. The number of nitrogens with zero attached hydrogens (tertiary/aromatic N) is 2. The van der Waals surface area contributed by atoms with Gasteiger partial charge in [0.1, 0.15) is 4.88 Å². The predicted octanol–water partition coefficient (Wildman–Crippen LogP) is 0.743. The summed E-state index contributed by atoms with van der Waals surface area (Å²) in [6, 6.07) is 0. The molecule has 1 aromatic rings. The molecular weight excluding hydrogens is 222 g/mol. The predicted molar refractivity (Wildman–Crippen MR) is 62.6 cm³/mol. The molecule has 2 saturated heterocycles. The van der Waals surface area contributed by atoms with E-state index in [4.69, 9.17) is 0 Å². The number of amides is 1. The first kappa shape index (κ1) is 10.2. The van der Waals surface area contributed by atoms with Crippen LogP contribution in [0.25, 0.3) is 0 Å². The Morgan fingerprint density at radius 2 is 2.19 bits per heavy atom. The maximum atomic E-state index is 12.2. The Kier molecular flexibility index (Phi) is 2.44. The Hall–Kier alpha value is -0.940. The molecule has 3 rings (SSSR count). The third kappa shape index (κ3) is 1.64. The quantitative estimate of drug-likeness (QED) is 0.783. The van der Waals surface area contributed by atoms with E-state index in [1.165, 1.54) is 11.3 Å². The summed E-state index contributed by atoms with van der Waals surface area (Å²) in [7, 11) is 0. The lowest BCUT2D eigenvalue weighted by molar-refractivity contribution is 0.0786. The van der Waals surface area contributed by atoms with Gasteiger partial charge >= 0.3 is 0 Å². The summed E-state index contributed by atoms with van der Waals surface area (Å²) in [5.41, 5.74) is 0. The van der Waals surface area contributed by atoms with E-state index in [1.54, 1.807) is 6.20 Å². The summed E-state index contributed by atoms with van der Waals surface area (Å²) in [5, 5.41) is 4.34. The second-order valence-corrected chi connectivity index (χ2v) is 5.87. The molecule has 0 saturated carbocycles. The minimum Gasteiger partial charge on any atom is -0.337 e. The summed E-state index contributed by atoms with van der Waals surface area (Å²) >= 11 is 1.49. The van der Waals surface area contributed by atoms with Gasteiger partial charge in [-0.2, -0.15) is 0 Å². The van der Waals surface area contributed by atoms with E-state index in [0.717, 1.165) is 36.1 Å². The van der Waals surface area contributed by atoms with Crippen LogP contribution in [0.15, 0.2) is 6.20 Å². The molecule has 2 atom stereocenters. The Balaban J connectivity index is 1.73. The number of likely N-dealkylation sites (tertiary alicyclic amines) is 1. The number of fused-ring (bicyclic) bond motifs is 1. The van der Waals surface area contributed by atoms with Crippen LogP contribution in [-0.4, -0.2) is 42.0 Å². The molecule has 1 N–H and O–H groups in total. The number of aromatic nitrogens is 1. The van der Waals surface area contributed by atoms with Crippen LogP contribution in [0.4, 0.5) is 0 Å². The lowest BCUT2D eigenvalue weighted by Gasteiger charge is -2.15. The number of carbonyl (C=O) groups is 1. The molecule has 2 fully saturated rings. The fourth-order valence-corrected chi connectivity index (χ4v) is 3.38. The average molecular weight is 237 g/mol. The Morgan fingerprint density at radius 3 is 2.75 bits per heavy atom. The van der Waals surface area contributed by atoms with Crippen LogP contribution in [0.1, 0.15) is 14.7 Å². The van der Waals surface area contributed by atoms with Gasteiger partial charge < -0.3 is 10.2 Å². The molecular formula is C11H15N3OS. The van der Waals surface area contributed by atoms with E-state index in [2.05, 4.69) is 10.3 Å². The molecule has 2 aliphatic heterocycles. The molecule has 2 aliphatic rings. The fourth-order valence-electron chi connectivity index (χ4n) is 2.64. The van der Waals surface area contributed by atoms with Crippen LogP contribution in [0, 0.1) is 18.8 Å².